The number of nitrogens with one attached hydrogen (secondary N) is 1. The number of anilines is 1. The Labute approximate surface area is 228 Å². The molecular formula is C25H32Cl3N3O4S. The molecule has 0 unspecified atom stereocenters. The first-order chi connectivity index (χ1) is 16.8. The molecule has 2 rings (SSSR count). The van der Waals surface area contributed by atoms with Gasteiger partial charge < -0.3 is 10.2 Å². The van der Waals surface area contributed by atoms with Gasteiger partial charge in [0, 0.05) is 33.7 Å². The molecule has 0 aliphatic carbocycles. The molecule has 1 N–H and O–H groups in total. The maximum absolute atomic E-state index is 13.7. The zero-order valence-electron chi connectivity index (χ0n) is 21.0. The molecule has 0 radical (unpaired) electrons. The fourth-order valence-electron chi connectivity index (χ4n) is 3.55. The Morgan fingerprint density at radius 1 is 1.03 bits per heavy atom. The summed E-state index contributed by atoms with van der Waals surface area (Å²) >= 11 is 19.0. The molecule has 0 aliphatic rings. The molecule has 2 aromatic rings. The van der Waals surface area contributed by atoms with Crippen LogP contribution in [0.5, 0.6) is 0 Å². The molecule has 198 valence electrons. The van der Waals surface area contributed by atoms with E-state index >= 15 is 0 Å². The second kappa shape index (κ2) is 13.0. The number of nitrogens with zero attached hydrogens (tertiary/aromatic N) is 2. The quantitative estimate of drug-likeness (QED) is 0.393. The molecule has 0 spiro atoms. The van der Waals surface area contributed by atoms with Crippen molar-refractivity contribution in [1.82, 2.24) is 10.2 Å². The predicted octanol–water partition coefficient (Wildman–Crippen LogP) is 5.30. The van der Waals surface area contributed by atoms with Crippen LogP contribution in [0.2, 0.25) is 15.1 Å². The highest BCUT2D eigenvalue weighted by Gasteiger charge is 2.32. The van der Waals surface area contributed by atoms with Crippen molar-refractivity contribution in [3.05, 3.63) is 62.6 Å². The van der Waals surface area contributed by atoms with Crippen LogP contribution < -0.4 is 9.62 Å². The van der Waals surface area contributed by atoms with Crippen LogP contribution in [0, 0.1) is 12.8 Å². The van der Waals surface area contributed by atoms with Gasteiger partial charge in [0.1, 0.15) is 12.6 Å². The smallest absolute Gasteiger partial charge is 0.244 e. The number of benzene rings is 2. The summed E-state index contributed by atoms with van der Waals surface area (Å²) in [5, 5.41) is 3.90. The van der Waals surface area contributed by atoms with Crippen LogP contribution in [0.3, 0.4) is 0 Å². The third kappa shape index (κ3) is 8.00. The van der Waals surface area contributed by atoms with E-state index in [9.17, 15) is 18.0 Å². The van der Waals surface area contributed by atoms with Gasteiger partial charge >= 0.3 is 0 Å². The zero-order chi connectivity index (χ0) is 27.2. The predicted molar refractivity (Wildman–Crippen MR) is 147 cm³/mol. The summed E-state index contributed by atoms with van der Waals surface area (Å²) in [4.78, 5) is 28.1. The lowest BCUT2D eigenvalue weighted by Gasteiger charge is -2.33. The Kier molecular flexibility index (Phi) is 10.9. The fourth-order valence-corrected chi connectivity index (χ4v) is 5.08. The average Bonchev–Trinajstić information content (AvgIpc) is 2.78. The zero-order valence-corrected chi connectivity index (χ0v) is 24.1. The molecule has 36 heavy (non-hydrogen) atoms. The SMILES string of the molecule is CC[C@H](C(=O)NCC(C)C)N(Cc1c(Cl)cccc1Cl)C(=O)CN(c1ccc(C)c(Cl)c1)S(C)(=O)=O. The highest BCUT2D eigenvalue weighted by molar-refractivity contribution is 7.92. The van der Waals surface area contributed by atoms with E-state index < -0.39 is 28.5 Å². The highest BCUT2D eigenvalue weighted by atomic mass is 35.5. The molecule has 1 atom stereocenters. The van der Waals surface area contributed by atoms with Crippen molar-refractivity contribution in [3.63, 3.8) is 0 Å². The Hall–Kier alpha value is -2.00. The van der Waals surface area contributed by atoms with E-state index in [1.807, 2.05) is 13.8 Å². The summed E-state index contributed by atoms with van der Waals surface area (Å²) in [5.74, 6) is -0.715. The molecule has 11 heteroatoms. The molecule has 0 fully saturated rings. The van der Waals surface area contributed by atoms with E-state index in [2.05, 4.69) is 5.32 Å². The van der Waals surface area contributed by atoms with Crippen molar-refractivity contribution in [2.45, 2.75) is 46.7 Å². The van der Waals surface area contributed by atoms with Gasteiger partial charge in [0.05, 0.1) is 11.9 Å². The van der Waals surface area contributed by atoms with Crippen LogP contribution >= 0.6 is 34.8 Å². The second-order valence-corrected chi connectivity index (χ2v) is 12.1. The molecular weight excluding hydrogens is 545 g/mol. The molecule has 0 heterocycles. The van der Waals surface area contributed by atoms with E-state index in [4.69, 9.17) is 34.8 Å². The minimum absolute atomic E-state index is 0.0722. The lowest BCUT2D eigenvalue weighted by molar-refractivity contribution is -0.140. The molecule has 0 saturated heterocycles. The third-order valence-electron chi connectivity index (χ3n) is 5.58. The monoisotopic (exact) mass is 575 g/mol. The summed E-state index contributed by atoms with van der Waals surface area (Å²) in [6.45, 7) is 7.32. The summed E-state index contributed by atoms with van der Waals surface area (Å²) < 4.78 is 26.4. The van der Waals surface area contributed by atoms with Crippen molar-refractivity contribution in [3.8, 4) is 0 Å². The molecule has 0 saturated carbocycles. The van der Waals surface area contributed by atoms with Crippen LogP contribution in [0.4, 0.5) is 5.69 Å². The number of halogens is 3. The largest absolute Gasteiger partial charge is 0.354 e. The second-order valence-electron chi connectivity index (χ2n) is 8.99. The number of sulfonamides is 1. The Bertz CT molecular complexity index is 1180. The van der Waals surface area contributed by atoms with Crippen molar-refractivity contribution in [2.24, 2.45) is 5.92 Å². The first kappa shape index (κ1) is 30.2. The number of carbonyl (C=O) groups excluding carboxylic acids is 2. The Morgan fingerprint density at radius 3 is 2.14 bits per heavy atom. The Balaban J connectivity index is 2.50. The van der Waals surface area contributed by atoms with Crippen LogP contribution in [-0.2, 0) is 26.2 Å². The standard InChI is InChI=1S/C25H32Cl3N3O4S/c1-6-23(25(33)29-13-16(2)3)30(14-19-20(26)8-7-9-21(19)27)24(32)15-31(36(5,34)35)18-11-10-17(4)22(28)12-18/h7-12,16,23H,6,13-15H2,1-5H3,(H,29,33)/t23-/m1/s1. The van der Waals surface area contributed by atoms with E-state index in [0.717, 1.165) is 16.1 Å². The van der Waals surface area contributed by atoms with Crippen molar-refractivity contribution >= 4 is 62.3 Å². The van der Waals surface area contributed by atoms with Crippen molar-refractivity contribution < 1.29 is 18.0 Å². The van der Waals surface area contributed by atoms with Gasteiger partial charge in [-0.2, -0.15) is 0 Å². The molecule has 0 aromatic heterocycles. The molecule has 0 bridgehead atoms. The van der Waals surface area contributed by atoms with E-state index in [1.54, 1.807) is 44.2 Å². The van der Waals surface area contributed by atoms with Crippen LogP contribution in [0.1, 0.15) is 38.3 Å². The minimum atomic E-state index is -3.86. The lowest BCUT2D eigenvalue weighted by atomic mass is 10.1. The maximum atomic E-state index is 13.7. The highest BCUT2D eigenvalue weighted by Crippen LogP contribution is 2.28. The van der Waals surface area contributed by atoms with Gasteiger partial charge in [-0.25, -0.2) is 8.42 Å². The Morgan fingerprint density at radius 2 is 1.64 bits per heavy atom. The van der Waals surface area contributed by atoms with Gasteiger partial charge in [-0.15, -0.1) is 0 Å². The number of amides is 2. The third-order valence-corrected chi connectivity index (χ3v) is 7.84. The van der Waals surface area contributed by atoms with Gasteiger partial charge in [-0.1, -0.05) is 67.7 Å². The lowest BCUT2D eigenvalue weighted by Crippen LogP contribution is -2.52. The summed E-state index contributed by atoms with van der Waals surface area (Å²) in [6.07, 6.45) is 1.31. The first-order valence-corrected chi connectivity index (χ1v) is 14.5. The molecule has 2 amide bonds. The molecule has 7 nitrogen and oxygen atoms in total. The summed E-state index contributed by atoms with van der Waals surface area (Å²) in [5.41, 5.74) is 1.48. The molecule has 2 aromatic carbocycles. The average molecular weight is 577 g/mol. The number of hydrogen-bond acceptors (Lipinski definition) is 4. The minimum Gasteiger partial charge on any atom is -0.354 e. The van der Waals surface area contributed by atoms with Crippen molar-refractivity contribution in [1.29, 1.82) is 0 Å². The van der Waals surface area contributed by atoms with Gasteiger partial charge in [0.25, 0.3) is 0 Å². The summed E-state index contributed by atoms with van der Waals surface area (Å²) in [6, 6.07) is 8.84. The number of carbonyl (C=O) groups is 2. The topological polar surface area (TPSA) is 86.8 Å². The van der Waals surface area contributed by atoms with Crippen LogP contribution in [-0.4, -0.2) is 50.5 Å². The van der Waals surface area contributed by atoms with Crippen LogP contribution in [0.25, 0.3) is 0 Å². The first-order valence-electron chi connectivity index (χ1n) is 11.5. The van der Waals surface area contributed by atoms with Crippen molar-refractivity contribution in [2.75, 3.05) is 23.7 Å². The molecule has 0 aliphatic heterocycles. The normalized spacial score (nSPS) is 12.4. The van der Waals surface area contributed by atoms with Crippen LogP contribution in [0.15, 0.2) is 36.4 Å². The number of hydrogen-bond donors (Lipinski definition) is 1. The van der Waals surface area contributed by atoms with Gasteiger partial charge in [0.2, 0.25) is 21.8 Å². The van der Waals surface area contributed by atoms with Gasteiger partial charge in [0.15, 0.2) is 0 Å². The maximum Gasteiger partial charge on any atom is 0.244 e. The summed E-state index contributed by atoms with van der Waals surface area (Å²) in [7, 11) is -3.86. The van der Waals surface area contributed by atoms with E-state index in [0.29, 0.717) is 33.6 Å². The van der Waals surface area contributed by atoms with Gasteiger partial charge in [-0.05, 0) is 49.1 Å². The fraction of sp³-hybridized carbons (Fsp3) is 0.440. The van der Waals surface area contributed by atoms with Gasteiger partial charge in [-0.3, -0.25) is 13.9 Å². The number of aryl methyl sites for hydroxylation is 1. The van der Waals surface area contributed by atoms with E-state index in [-0.39, 0.29) is 24.1 Å². The van der Waals surface area contributed by atoms with E-state index in [1.165, 1.54) is 11.0 Å². The number of rotatable bonds is 11.